The van der Waals surface area contributed by atoms with Crippen LogP contribution in [0.2, 0.25) is 0 Å². The van der Waals surface area contributed by atoms with Crippen molar-refractivity contribution >= 4 is 0 Å². The Morgan fingerprint density at radius 3 is 2.22 bits per heavy atom. The molecule has 1 saturated carbocycles. The summed E-state index contributed by atoms with van der Waals surface area (Å²) in [6.07, 6.45) is 5.93. The Bertz CT molecular complexity index is 881. The molecule has 2 N–H and O–H groups in total. The number of piperidine rings is 1. The van der Waals surface area contributed by atoms with Crippen molar-refractivity contribution in [2.45, 2.75) is 50.2 Å². The zero-order valence-electron chi connectivity index (χ0n) is 18.7. The first-order chi connectivity index (χ1) is 15.6. The normalized spacial score (nSPS) is 21.0. The predicted molar refractivity (Wildman–Crippen MR) is 124 cm³/mol. The van der Waals surface area contributed by atoms with Gasteiger partial charge < -0.3 is 19.8 Å². The van der Waals surface area contributed by atoms with Crippen LogP contribution in [0.15, 0.2) is 54.6 Å². The van der Waals surface area contributed by atoms with E-state index >= 15 is 0 Å². The summed E-state index contributed by atoms with van der Waals surface area (Å²) in [5, 5.41) is 31.4. The van der Waals surface area contributed by atoms with Crippen LogP contribution in [0.25, 0.3) is 0 Å². The highest BCUT2D eigenvalue weighted by Crippen LogP contribution is 2.48. The number of rotatable bonds is 8. The fraction of sp³-hybridized carbons (Fsp3) is 0.519. The summed E-state index contributed by atoms with van der Waals surface area (Å²) in [5.41, 5.74) is 0.913. The van der Waals surface area contributed by atoms with Gasteiger partial charge in [-0.25, -0.2) is 0 Å². The van der Waals surface area contributed by atoms with Gasteiger partial charge in [0.2, 0.25) is 0 Å². The van der Waals surface area contributed by atoms with Gasteiger partial charge in [-0.1, -0.05) is 43.2 Å². The Kier molecular flexibility index (Phi) is 7.47. The molecule has 2 aromatic rings. The molecule has 2 fully saturated rings. The van der Waals surface area contributed by atoms with Crippen molar-refractivity contribution in [2.24, 2.45) is 11.8 Å². The van der Waals surface area contributed by atoms with E-state index in [1.165, 1.54) is 12.8 Å². The number of hydrogen-bond acceptors (Lipinski definition) is 5. The number of benzene rings is 2. The van der Waals surface area contributed by atoms with E-state index in [0.717, 1.165) is 44.3 Å². The highest BCUT2D eigenvalue weighted by Gasteiger charge is 2.46. The number of ether oxygens (including phenoxy) is 1. The predicted octanol–water partition coefficient (Wildman–Crippen LogP) is 4.09. The number of nitriles is 1. The van der Waals surface area contributed by atoms with Crippen molar-refractivity contribution in [2.75, 3.05) is 26.2 Å². The van der Waals surface area contributed by atoms with Crippen LogP contribution in [0, 0.1) is 23.2 Å². The molecular weight excluding hydrogens is 400 g/mol. The molecule has 2 aromatic carbocycles. The molecular formula is C27H34N2O3. The summed E-state index contributed by atoms with van der Waals surface area (Å²) < 4.78 is 5.68. The summed E-state index contributed by atoms with van der Waals surface area (Å²) in [5.74, 6) is 1.25. The van der Waals surface area contributed by atoms with E-state index < -0.39 is 11.7 Å². The first kappa shape index (κ1) is 22.8. The van der Waals surface area contributed by atoms with E-state index in [9.17, 15) is 10.2 Å². The van der Waals surface area contributed by atoms with E-state index in [2.05, 4.69) is 23.1 Å². The van der Waals surface area contributed by atoms with Crippen LogP contribution in [-0.2, 0) is 5.60 Å². The molecule has 1 aliphatic carbocycles. The molecule has 2 atom stereocenters. The molecule has 2 aliphatic rings. The summed E-state index contributed by atoms with van der Waals surface area (Å²) >= 11 is 0. The maximum atomic E-state index is 12.0. The first-order valence-electron chi connectivity index (χ1n) is 11.9. The van der Waals surface area contributed by atoms with Gasteiger partial charge in [-0.3, -0.25) is 0 Å². The zero-order valence-corrected chi connectivity index (χ0v) is 18.7. The largest absolute Gasteiger partial charge is 0.491 e. The van der Waals surface area contributed by atoms with Gasteiger partial charge in [0, 0.05) is 6.54 Å². The fourth-order valence-corrected chi connectivity index (χ4v) is 5.60. The minimum absolute atomic E-state index is 0.224. The van der Waals surface area contributed by atoms with Crippen molar-refractivity contribution in [3.63, 3.8) is 0 Å². The lowest BCUT2D eigenvalue weighted by Crippen LogP contribution is -2.48. The lowest BCUT2D eigenvalue weighted by Gasteiger charge is -2.45. The second-order valence-corrected chi connectivity index (χ2v) is 9.35. The van der Waals surface area contributed by atoms with E-state index in [4.69, 9.17) is 10.00 Å². The van der Waals surface area contributed by atoms with Crippen molar-refractivity contribution in [3.05, 3.63) is 65.7 Å². The van der Waals surface area contributed by atoms with Crippen LogP contribution in [0.5, 0.6) is 5.75 Å². The van der Waals surface area contributed by atoms with Gasteiger partial charge in [0.1, 0.15) is 18.5 Å². The fourth-order valence-electron chi connectivity index (χ4n) is 5.60. The minimum Gasteiger partial charge on any atom is -0.491 e. The van der Waals surface area contributed by atoms with Gasteiger partial charge in [0.25, 0.3) is 0 Å². The Morgan fingerprint density at radius 1 is 0.969 bits per heavy atom. The van der Waals surface area contributed by atoms with E-state index in [1.54, 1.807) is 24.3 Å². The molecule has 4 rings (SSSR count). The third kappa shape index (κ3) is 5.15. The molecule has 1 heterocycles. The molecule has 0 amide bonds. The maximum Gasteiger partial charge on any atom is 0.119 e. The first-order valence-corrected chi connectivity index (χ1v) is 11.9. The standard InChI is InChI=1S/C27H34N2O3/c28-18-21-10-12-26(13-11-21)32-20-25(30)19-29-16-14-24(15-17-29)27(31,23-8-4-5-9-23)22-6-2-1-3-7-22/h1-3,6-7,10-13,23-25,30-31H,4-5,8-9,14-17,19-20H2/t25-,27?/m0/s1. The molecule has 5 heteroatoms. The molecule has 5 nitrogen and oxygen atoms in total. The molecule has 170 valence electrons. The van der Waals surface area contributed by atoms with Gasteiger partial charge in [-0.2, -0.15) is 5.26 Å². The van der Waals surface area contributed by atoms with Gasteiger partial charge in [0.15, 0.2) is 0 Å². The SMILES string of the molecule is N#Cc1ccc(OC[C@@H](O)CN2CCC(C(O)(c3ccccc3)C3CCCC3)CC2)cc1. The summed E-state index contributed by atoms with van der Waals surface area (Å²) in [6, 6.07) is 19.3. The van der Waals surface area contributed by atoms with Gasteiger partial charge in [-0.15, -0.1) is 0 Å². The molecule has 0 radical (unpaired) electrons. The van der Waals surface area contributed by atoms with E-state index in [1.807, 2.05) is 18.2 Å². The van der Waals surface area contributed by atoms with E-state index in [0.29, 0.717) is 23.8 Å². The smallest absolute Gasteiger partial charge is 0.119 e. The number of nitrogens with zero attached hydrogens (tertiary/aromatic N) is 2. The number of aliphatic hydroxyl groups excluding tert-OH is 1. The number of aliphatic hydroxyl groups is 2. The Morgan fingerprint density at radius 2 is 1.59 bits per heavy atom. The third-order valence-electron chi connectivity index (χ3n) is 7.32. The second kappa shape index (κ2) is 10.5. The molecule has 1 unspecified atom stereocenters. The number of β-amino-alcohol motifs (C(OH)–C–C–N with tert-alkyl or cyclic N) is 1. The zero-order chi connectivity index (χ0) is 22.4. The number of likely N-dealkylation sites (tertiary alicyclic amines) is 1. The lowest BCUT2D eigenvalue weighted by atomic mass is 9.68. The van der Waals surface area contributed by atoms with Crippen LogP contribution in [0.4, 0.5) is 0 Å². The van der Waals surface area contributed by atoms with Crippen LogP contribution >= 0.6 is 0 Å². The third-order valence-corrected chi connectivity index (χ3v) is 7.32. The molecule has 0 spiro atoms. The van der Waals surface area contributed by atoms with Crippen molar-refractivity contribution in [1.82, 2.24) is 4.90 Å². The monoisotopic (exact) mass is 434 g/mol. The van der Waals surface area contributed by atoms with Crippen LogP contribution in [0.1, 0.15) is 49.7 Å². The summed E-state index contributed by atoms with van der Waals surface area (Å²) in [4.78, 5) is 2.28. The van der Waals surface area contributed by atoms with Crippen LogP contribution in [-0.4, -0.2) is 47.5 Å². The summed E-state index contributed by atoms with van der Waals surface area (Å²) in [7, 11) is 0. The molecule has 1 saturated heterocycles. The molecule has 1 aliphatic heterocycles. The van der Waals surface area contributed by atoms with Crippen LogP contribution < -0.4 is 4.74 Å². The Balaban J connectivity index is 1.31. The molecule has 0 bridgehead atoms. The lowest BCUT2D eigenvalue weighted by molar-refractivity contribution is -0.0953. The number of hydrogen-bond donors (Lipinski definition) is 2. The Hall–Kier alpha value is -2.39. The highest BCUT2D eigenvalue weighted by atomic mass is 16.5. The second-order valence-electron chi connectivity index (χ2n) is 9.35. The quantitative estimate of drug-likeness (QED) is 0.654. The van der Waals surface area contributed by atoms with Gasteiger partial charge in [-0.05, 0) is 80.4 Å². The molecule has 32 heavy (non-hydrogen) atoms. The topological polar surface area (TPSA) is 76.7 Å². The van der Waals surface area contributed by atoms with Crippen molar-refractivity contribution in [1.29, 1.82) is 5.26 Å². The minimum atomic E-state index is -0.749. The van der Waals surface area contributed by atoms with Gasteiger partial charge in [0.05, 0.1) is 17.2 Å². The van der Waals surface area contributed by atoms with Crippen molar-refractivity contribution < 1.29 is 14.9 Å². The summed E-state index contributed by atoms with van der Waals surface area (Å²) in [6.45, 7) is 2.54. The van der Waals surface area contributed by atoms with Gasteiger partial charge >= 0.3 is 0 Å². The maximum absolute atomic E-state index is 12.0. The van der Waals surface area contributed by atoms with Crippen molar-refractivity contribution in [3.8, 4) is 11.8 Å². The van der Waals surface area contributed by atoms with E-state index in [-0.39, 0.29) is 12.5 Å². The average molecular weight is 435 g/mol. The molecule has 0 aromatic heterocycles. The highest BCUT2D eigenvalue weighted by molar-refractivity contribution is 5.34. The van der Waals surface area contributed by atoms with Crippen LogP contribution in [0.3, 0.4) is 0 Å². The Labute approximate surface area is 191 Å². The average Bonchev–Trinajstić information content (AvgIpc) is 3.39.